The van der Waals surface area contributed by atoms with E-state index in [0.29, 0.717) is 24.5 Å². The highest BCUT2D eigenvalue weighted by molar-refractivity contribution is 5.97. The van der Waals surface area contributed by atoms with Gasteiger partial charge in [-0.3, -0.25) is 4.90 Å². The fourth-order valence-corrected chi connectivity index (χ4v) is 3.36. The molecule has 2 N–H and O–H groups in total. The van der Waals surface area contributed by atoms with E-state index in [9.17, 15) is 9.59 Å². The Morgan fingerprint density at radius 2 is 2.07 bits per heavy atom. The van der Waals surface area contributed by atoms with Gasteiger partial charge in [-0.05, 0) is 42.8 Å². The molecule has 7 heteroatoms. The highest BCUT2D eigenvalue weighted by atomic mass is 16.5. The molecule has 2 amide bonds. The number of nitrogens with one attached hydrogen (secondary N) is 1. The fraction of sp³-hybridized carbons (Fsp3) is 0.190. The van der Waals surface area contributed by atoms with E-state index >= 15 is 0 Å². The lowest BCUT2D eigenvalue weighted by Gasteiger charge is -2.16. The summed E-state index contributed by atoms with van der Waals surface area (Å²) in [6.45, 7) is 2.82. The van der Waals surface area contributed by atoms with Gasteiger partial charge >= 0.3 is 12.0 Å². The SMILES string of the molecule is Cc1cc(-c2ccccc2OCC(=O)O)nc2cc(N3CCNC3=O)ccc12. The minimum absolute atomic E-state index is 0.111. The molecule has 4 rings (SSSR count). The maximum Gasteiger partial charge on any atom is 0.341 e. The molecule has 0 radical (unpaired) electrons. The fourth-order valence-electron chi connectivity index (χ4n) is 3.36. The summed E-state index contributed by atoms with van der Waals surface area (Å²) < 4.78 is 5.42. The molecule has 0 aliphatic carbocycles. The van der Waals surface area contributed by atoms with Crippen LogP contribution in [0.3, 0.4) is 0 Å². The molecule has 2 heterocycles. The maximum absolute atomic E-state index is 12.0. The highest BCUT2D eigenvalue weighted by Crippen LogP contribution is 2.32. The maximum atomic E-state index is 12.0. The van der Waals surface area contributed by atoms with Crippen molar-refractivity contribution in [1.82, 2.24) is 10.3 Å². The smallest absolute Gasteiger partial charge is 0.341 e. The zero-order valence-electron chi connectivity index (χ0n) is 15.3. The van der Waals surface area contributed by atoms with Crippen LogP contribution < -0.4 is 15.0 Å². The van der Waals surface area contributed by atoms with Crippen molar-refractivity contribution >= 4 is 28.6 Å². The molecule has 0 saturated carbocycles. The number of aliphatic carboxylic acids is 1. The first kappa shape index (κ1) is 17.8. The largest absolute Gasteiger partial charge is 0.481 e. The minimum atomic E-state index is -1.04. The van der Waals surface area contributed by atoms with Crippen LogP contribution in [-0.2, 0) is 4.79 Å². The van der Waals surface area contributed by atoms with Gasteiger partial charge in [-0.2, -0.15) is 0 Å². The molecular weight excluding hydrogens is 358 g/mol. The molecule has 0 spiro atoms. The molecule has 142 valence electrons. The van der Waals surface area contributed by atoms with Crippen molar-refractivity contribution < 1.29 is 19.4 Å². The number of amides is 2. The quantitative estimate of drug-likeness (QED) is 0.712. The number of carboxylic acid groups (broad SMARTS) is 1. The van der Waals surface area contributed by atoms with Crippen molar-refractivity contribution in [3.05, 3.63) is 54.1 Å². The van der Waals surface area contributed by atoms with Crippen molar-refractivity contribution in [3.8, 4) is 17.0 Å². The number of para-hydroxylation sites is 1. The average molecular weight is 377 g/mol. The number of aryl methyl sites for hydroxylation is 1. The number of urea groups is 1. The summed E-state index contributed by atoms with van der Waals surface area (Å²) in [6.07, 6.45) is 0. The molecule has 28 heavy (non-hydrogen) atoms. The number of ether oxygens (including phenoxy) is 1. The highest BCUT2D eigenvalue weighted by Gasteiger charge is 2.21. The van der Waals surface area contributed by atoms with Crippen LogP contribution in [0, 0.1) is 6.92 Å². The van der Waals surface area contributed by atoms with Crippen molar-refractivity contribution in [3.63, 3.8) is 0 Å². The Hall–Kier alpha value is -3.61. The molecule has 2 aromatic carbocycles. The van der Waals surface area contributed by atoms with E-state index in [2.05, 4.69) is 5.32 Å². The number of fused-ring (bicyclic) bond motifs is 1. The lowest BCUT2D eigenvalue weighted by Crippen LogP contribution is -2.27. The monoisotopic (exact) mass is 377 g/mol. The molecule has 0 unspecified atom stereocenters. The Bertz CT molecular complexity index is 1080. The number of carbonyl (C=O) groups excluding carboxylic acids is 1. The first-order valence-corrected chi connectivity index (χ1v) is 8.94. The van der Waals surface area contributed by atoms with Gasteiger partial charge in [-0.1, -0.05) is 18.2 Å². The van der Waals surface area contributed by atoms with Crippen molar-refractivity contribution in [2.75, 3.05) is 24.6 Å². The number of anilines is 1. The Morgan fingerprint density at radius 3 is 2.82 bits per heavy atom. The van der Waals surface area contributed by atoms with Gasteiger partial charge in [0.2, 0.25) is 0 Å². The van der Waals surface area contributed by atoms with Crippen LogP contribution in [-0.4, -0.2) is 41.8 Å². The summed E-state index contributed by atoms with van der Waals surface area (Å²) in [4.78, 5) is 29.3. The van der Waals surface area contributed by atoms with Crippen LogP contribution in [0.4, 0.5) is 10.5 Å². The van der Waals surface area contributed by atoms with E-state index in [1.165, 1.54) is 0 Å². The van der Waals surface area contributed by atoms with Crippen molar-refractivity contribution in [1.29, 1.82) is 0 Å². The molecule has 1 aliphatic heterocycles. The summed E-state index contributed by atoms with van der Waals surface area (Å²) in [6, 6.07) is 14.9. The van der Waals surface area contributed by atoms with Crippen LogP contribution in [0.5, 0.6) is 5.75 Å². The number of aromatic nitrogens is 1. The van der Waals surface area contributed by atoms with Gasteiger partial charge in [-0.15, -0.1) is 0 Å². The first-order chi connectivity index (χ1) is 13.5. The molecule has 3 aromatic rings. The third kappa shape index (κ3) is 3.34. The zero-order chi connectivity index (χ0) is 19.7. The van der Waals surface area contributed by atoms with Gasteiger partial charge in [0, 0.05) is 29.7 Å². The summed E-state index contributed by atoms with van der Waals surface area (Å²) >= 11 is 0. The number of rotatable bonds is 5. The second-order valence-electron chi connectivity index (χ2n) is 6.59. The Labute approximate surface area is 161 Å². The van der Waals surface area contributed by atoms with Gasteiger partial charge in [0.25, 0.3) is 0 Å². The van der Waals surface area contributed by atoms with E-state index in [1.54, 1.807) is 17.0 Å². The standard InChI is InChI=1S/C21H19N3O4/c1-13-10-17(16-4-2-3-5-19(16)28-12-20(25)26)23-18-11-14(6-7-15(13)18)24-9-8-22-21(24)27/h2-7,10-11H,8-9,12H2,1H3,(H,22,27)(H,25,26). The molecule has 1 aliphatic rings. The molecular formula is C21H19N3O4. The van der Waals surface area contributed by atoms with E-state index in [4.69, 9.17) is 14.8 Å². The molecule has 0 atom stereocenters. The Balaban J connectivity index is 1.78. The minimum Gasteiger partial charge on any atom is -0.481 e. The van der Waals surface area contributed by atoms with Gasteiger partial charge in [-0.25, -0.2) is 14.6 Å². The van der Waals surface area contributed by atoms with E-state index < -0.39 is 12.6 Å². The average Bonchev–Trinajstić information content (AvgIpc) is 3.12. The molecule has 1 aromatic heterocycles. The Morgan fingerprint density at radius 1 is 1.25 bits per heavy atom. The Kier molecular flexibility index (Phi) is 4.57. The summed E-state index contributed by atoms with van der Waals surface area (Å²) in [5, 5.41) is 12.7. The molecule has 0 bridgehead atoms. The molecule has 1 fully saturated rings. The number of carbonyl (C=O) groups is 2. The van der Waals surface area contributed by atoms with Crippen LogP contribution in [0.25, 0.3) is 22.2 Å². The third-order valence-corrected chi connectivity index (χ3v) is 4.68. The summed E-state index contributed by atoms with van der Waals surface area (Å²) in [7, 11) is 0. The van der Waals surface area contributed by atoms with E-state index in [-0.39, 0.29) is 6.03 Å². The van der Waals surface area contributed by atoms with Crippen LogP contribution >= 0.6 is 0 Å². The van der Waals surface area contributed by atoms with Gasteiger partial charge in [0.1, 0.15) is 5.75 Å². The topological polar surface area (TPSA) is 91.8 Å². The predicted molar refractivity (Wildman–Crippen MR) is 106 cm³/mol. The third-order valence-electron chi connectivity index (χ3n) is 4.68. The zero-order valence-corrected chi connectivity index (χ0v) is 15.3. The van der Waals surface area contributed by atoms with Crippen LogP contribution in [0.15, 0.2) is 48.5 Å². The number of carboxylic acids is 1. The van der Waals surface area contributed by atoms with Gasteiger partial charge in [0.05, 0.1) is 11.2 Å². The second kappa shape index (κ2) is 7.19. The second-order valence-corrected chi connectivity index (χ2v) is 6.59. The predicted octanol–water partition coefficient (Wildman–Crippen LogP) is 3.20. The number of benzene rings is 2. The van der Waals surface area contributed by atoms with Crippen LogP contribution in [0.1, 0.15) is 5.56 Å². The normalized spacial score (nSPS) is 13.6. The number of hydrogen-bond acceptors (Lipinski definition) is 4. The lowest BCUT2D eigenvalue weighted by atomic mass is 10.0. The number of hydrogen-bond donors (Lipinski definition) is 2. The summed E-state index contributed by atoms with van der Waals surface area (Å²) in [5.74, 6) is -0.572. The lowest BCUT2D eigenvalue weighted by molar-refractivity contribution is -0.139. The van der Waals surface area contributed by atoms with Crippen LogP contribution in [0.2, 0.25) is 0 Å². The van der Waals surface area contributed by atoms with Gasteiger partial charge in [0.15, 0.2) is 6.61 Å². The first-order valence-electron chi connectivity index (χ1n) is 8.94. The van der Waals surface area contributed by atoms with Gasteiger partial charge < -0.3 is 15.2 Å². The van der Waals surface area contributed by atoms with E-state index in [0.717, 1.165) is 27.7 Å². The van der Waals surface area contributed by atoms with Crippen molar-refractivity contribution in [2.45, 2.75) is 6.92 Å². The molecule has 7 nitrogen and oxygen atoms in total. The van der Waals surface area contributed by atoms with E-state index in [1.807, 2.05) is 43.3 Å². The number of pyridine rings is 1. The molecule has 1 saturated heterocycles. The van der Waals surface area contributed by atoms with Crippen molar-refractivity contribution in [2.24, 2.45) is 0 Å². The number of nitrogens with zero attached hydrogens (tertiary/aromatic N) is 2. The summed E-state index contributed by atoms with van der Waals surface area (Å²) in [5.41, 5.74) is 4.00.